The number of unbranched alkanes of at least 4 members (excludes halogenated alkanes) is 2. The van der Waals surface area contributed by atoms with Crippen LogP contribution in [0.1, 0.15) is 94.4 Å². The Bertz CT molecular complexity index is 730. The fourth-order valence-corrected chi connectivity index (χ4v) is 7.04. The van der Waals surface area contributed by atoms with Crippen LogP contribution >= 0.6 is 11.8 Å². The summed E-state index contributed by atoms with van der Waals surface area (Å²) < 4.78 is 26.1. The van der Waals surface area contributed by atoms with Crippen molar-refractivity contribution in [2.45, 2.75) is 154 Å². The van der Waals surface area contributed by atoms with Crippen molar-refractivity contribution in [1.82, 2.24) is 5.32 Å². The molecule has 0 fully saturated rings. The molecule has 0 amide bonds. The van der Waals surface area contributed by atoms with E-state index in [1.807, 2.05) is 0 Å². The van der Waals surface area contributed by atoms with Crippen molar-refractivity contribution in [1.29, 1.82) is 0 Å². The first-order valence-corrected chi connectivity index (χ1v) is 26.0. The van der Waals surface area contributed by atoms with Crippen LogP contribution in [0.4, 0.5) is 0 Å². The SMILES string of the molecule is CC(C)(C)[Si](C)(C)OCC(CO[Si](C)(C)C(C)(C)C)(CO[Si](C)(C)C(C)(C)C)NCCCCCC(=O)SCOCCCO. The maximum atomic E-state index is 12.2. The Labute approximate surface area is 274 Å². The topological polar surface area (TPSA) is 86.2 Å². The Morgan fingerprint density at radius 2 is 1.09 bits per heavy atom. The fraction of sp³-hybridized carbons (Fsp3) is 0.969. The number of carbonyl (C=O) groups is 1. The molecule has 0 unspecified atom stereocenters. The molecule has 0 aromatic heterocycles. The molecule has 11 heteroatoms. The van der Waals surface area contributed by atoms with Crippen LogP contribution in [0.15, 0.2) is 0 Å². The van der Waals surface area contributed by atoms with E-state index < -0.39 is 30.5 Å². The summed E-state index contributed by atoms with van der Waals surface area (Å²) in [6.07, 6.45) is 3.95. The number of rotatable bonds is 21. The number of hydrogen-bond donors (Lipinski definition) is 2. The molecule has 0 rings (SSSR count). The van der Waals surface area contributed by atoms with Gasteiger partial charge in [0.1, 0.15) is 0 Å². The van der Waals surface area contributed by atoms with Crippen molar-refractivity contribution in [2.24, 2.45) is 0 Å². The van der Waals surface area contributed by atoms with Gasteiger partial charge in [0.2, 0.25) is 0 Å². The molecule has 0 aliphatic rings. The van der Waals surface area contributed by atoms with E-state index in [0.29, 0.717) is 45.2 Å². The fourth-order valence-electron chi connectivity index (χ4n) is 3.21. The smallest absolute Gasteiger partial charge is 0.192 e. The molecular formula is C32H71NO6SSi3. The number of nitrogens with one attached hydrogen (secondary N) is 1. The zero-order chi connectivity index (χ0) is 33.8. The van der Waals surface area contributed by atoms with Crippen molar-refractivity contribution >= 4 is 41.8 Å². The third-order valence-corrected chi connectivity index (χ3v) is 24.1. The van der Waals surface area contributed by atoms with Gasteiger partial charge in [-0.05, 0) is 80.2 Å². The van der Waals surface area contributed by atoms with Gasteiger partial charge in [0.05, 0.1) is 31.3 Å². The van der Waals surface area contributed by atoms with Gasteiger partial charge in [0, 0.05) is 19.6 Å². The minimum absolute atomic E-state index is 0.105. The summed E-state index contributed by atoms with van der Waals surface area (Å²) in [5.41, 5.74) is -0.460. The molecular weight excluding hydrogens is 611 g/mol. The summed E-state index contributed by atoms with van der Waals surface area (Å²) in [5, 5.41) is 13.2. The highest BCUT2D eigenvalue weighted by atomic mass is 32.2. The lowest BCUT2D eigenvalue weighted by Gasteiger charge is -2.46. The van der Waals surface area contributed by atoms with E-state index in [1.54, 1.807) is 0 Å². The van der Waals surface area contributed by atoms with Crippen LogP contribution in [0.25, 0.3) is 0 Å². The van der Waals surface area contributed by atoms with Crippen LogP contribution in [0.3, 0.4) is 0 Å². The van der Waals surface area contributed by atoms with Gasteiger partial charge in [-0.15, -0.1) is 0 Å². The molecule has 0 aromatic carbocycles. The second kappa shape index (κ2) is 18.1. The lowest BCUT2D eigenvalue weighted by molar-refractivity contribution is -0.111. The van der Waals surface area contributed by atoms with Gasteiger partial charge in [-0.1, -0.05) is 80.5 Å². The van der Waals surface area contributed by atoms with Crippen LogP contribution < -0.4 is 5.32 Å². The number of aliphatic hydroxyl groups is 1. The van der Waals surface area contributed by atoms with E-state index in [9.17, 15) is 4.79 Å². The van der Waals surface area contributed by atoms with E-state index in [2.05, 4.69) is 107 Å². The average molecular weight is 682 g/mol. The molecule has 43 heavy (non-hydrogen) atoms. The molecule has 7 nitrogen and oxygen atoms in total. The normalized spacial score (nSPS) is 14.4. The Balaban J connectivity index is 5.71. The van der Waals surface area contributed by atoms with E-state index in [4.69, 9.17) is 23.1 Å². The second-order valence-corrected chi connectivity index (χ2v) is 32.2. The van der Waals surface area contributed by atoms with E-state index >= 15 is 0 Å². The lowest BCUT2D eigenvalue weighted by atomic mass is 10.0. The molecule has 0 aliphatic heterocycles. The predicted molar refractivity (Wildman–Crippen MR) is 194 cm³/mol. The molecule has 0 bridgehead atoms. The first-order chi connectivity index (χ1) is 19.3. The molecule has 0 aromatic rings. The first kappa shape index (κ1) is 43.4. The number of carbonyl (C=O) groups excluding carboxylic acids is 1. The zero-order valence-corrected chi connectivity index (χ0v) is 34.7. The minimum atomic E-state index is -2.02. The third kappa shape index (κ3) is 16.2. The highest BCUT2D eigenvalue weighted by molar-refractivity contribution is 8.13. The third-order valence-electron chi connectivity index (χ3n) is 9.85. The molecule has 2 N–H and O–H groups in total. The van der Waals surface area contributed by atoms with Gasteiger partial charge < -0.3 is 28.4 Å². The highest BCUT2D eigenvalue weighted by Crippen LogP contribution is 2.40. The lowest BCUT2D eigenvalue weighted by Crippen LogP contribution is -2.62. The molecule has 0 spiro atoms. The van der Waals surface area contributed by atoms with E-state index in [-0.39, 0.29) is 26.8 Å². The number of hydrogen-bond acceptors (Lipinski definition) is 8. The number of aliphatic hydroxyl groups excluding tert-OH is 1. The predicted octanol–water partition coefficient (Wildman–Crippen LogP) is 8.56. The van der Waals surface area contributed by atoms with Crippen LogP contribution in [0, 0.1) is 0 Å². The summed E-state index contributed by atoms with van der Waals surface area (Å²) >= 11 is 1.23. The largest absolute Gasteiger partial charge is 0.415 e. The van der Waals surface area contributed by atoms with E-state index in [0.717, 1.165) is 25.8 Å². The number of thioether (sulfide) groups is 1. The Kier molecular flexibility index (Phi) is 18.3. The molecule has 258 valence electrons. The Morgan fingerprint density at radius 1 is 0.674 bits per heavy atom. The Morgan fingerprint density at radius 3 is 1.47 bits per heavy atom. The van der Waals surface area contributed by atoms with Gasteiger partial charge in [-0.2, -0.15) is 0 Å². The van der Waals surface area contributed by atoms with Gasteiger partial charge in [-0.25, -0.2) is 0 Å². The monoisotopic (exact) mass is 681 g/mol. The average Bonchev–Trinajstić information content (AvgIpc) is 2.84. The summed E-state index contributed by atoms with van der Waals surface area (Å²) in [7, 11) is -6.06. The molecule has 0 heterocycles. The molecule has 0 aliphatic carbocycles. The zero-order valence-electron chi connectivity index (χ0n) is 30.9. The summed E-state index contributed by atoms with van der Waals surface area (Å²) in [5.74, 6) is 0.361. The summed E-state index contributed by atoms with van der Waals surface area (Å²) in [6.45, 7) is 37.5. The van der Waals surface area contributed by atoms with Crippen molar-refractivity contribution in [3.63, 3.8) is 0 Å². The van der Waals surface area contributed by atoms with E-state index in [1.165, 1.54) is 11.8 Å². The quantitative estimate of drug-likeness (QED) is 0.0708. The summed E-state index contributed by atoms with van der Waals surface area (Å²) in [4.78, 5) is 12.2. The maximum Gasteiger partial charge on any atom is 0.192 e. The van der Waals surface area contributed by atoms with Gasteiger partial charge >= 0.3 is 0 Å². The van der Waals surface area contributed by atoms with Gasteiger partial charge in [-0.3, -0.25) is 4.79 Å². The minimum Gasteiger partial charge on any atom is -0.415 e. The van der Waals surface area contributed by atoms with Crippen LogP contribution in [-0.4, -0.2) is 86.2 Å². The maximum absolute atomic E-state index is 12.2. The van der Waals surface area contributed by atoms with Crippen molar-refractivity contribution in [2.75, 3.05) is 45.5 Å². The van der Waals surface area contributed by atoms with Crippen molar-refractivity contribution in [3.05, 3.63) is 0 Å². The number of ether oxygens (including phenoxy) is 1. The van der Waals surface area contributed by atoms with Crippen LogP contribution in [0.2, 0.25) is 54.4 Å². The molecule has 0 atom stereocenters. The van der Waals surface area contributed by atoms with Crippen molar-refractivity contribution < 1.29 is 27.9 Å². The van der Waals surface area contributed by atoms with Crippen molar-refractivity contribution in [3.8, 4) is 0 Å². The first-order valence-electron chi connectivity index (χ1n) is 16.3. The molecule has 0 saturated carbocycles. The van der Waals surface area contributed by atoms with Crippen LogP contribution in [0.5, 0.6) is 0 Å². The van der Waals surface area contributed by atoms with Gasteiger partial charge in [0.15, 0.2) is 30.1 Å². The van der Waals surface area contributed by atoms with Crippen LogP contribution in [-0.2, 0) is 22.8 Å². The Hall–Kier alpha value is 0.431. The van der Waals surface area contributed by atoms with Gasteiger partial charge in [0.25, 0.3) is 0 Å². The molecule has 0 saturated heterocycles. The highest BCUT2D eigenvalue weighted by Gasteiger charge is 2.45. The summed E-state index contributed by atoms with van der Waals surface area (Å²) in [6, 6.07) is 0. The molecule has 0 radical (unpaired) electrons. The second-order valence-electron chi connectivity index (χ2n) is 16.8. The standard InChI is InChI=1S/C32H71NO6SSi3/c1-29(2,3)41(10,11)37-24-32(25-38-42(12,13)30(4,5)6,26-39-43(14,15)31(7,8)9)33-21-18-16-17-20-28(35)40-27-36-23-19-22-34/h33-34H,16-27H2,1-15H3.